The molecule has 0 saturated heterocycles. The Morgan fingerprint density at radius 1 is 1.09 bits per heavy atom. The lowest BCUT2D eigenvalue weighted by Gasteiger charge is -2.20. The van der Waals surface area contributed by atoms with Crippen molar-refractivity contribution in [2.75, 3.05) is 18.5 Å². The number of carbonyl (C=O) groups excluding carboxylic acids is 1. The number of hydrogen-bond donors (Lipinski definition) is 1. The van der Waals surface area contributed by atoms with Crippen molar-refractivity contribution in [2.45, 2.75) is 43.4 Å². The third-order valence-corrected chi connectivity index (χ3v) is 7.93. The highest BCUT2D eigenvalue weighted by Gasteiger charge is 2.25. The molecule has 0 aliphatic heterocycles. The van der Waals surface area contributed by atoms with Crippen LogP contribution in [0.15, 0.2) is 65.7 Å². The number of sulfonamides is 1. The van der Waals surface area contributed by atoms with Gasteiger partial charge in [-0.25, -0.2) is 23.1 Å². The number of hydrogen-bond acceptors (Lipinski definition) is 6. The molecule has 1 heterocycles. The second-order valence-corrected chi connectivity index (χ2v) is 11.0. The summed E-state index contributed by atoms with van der Waals surface area (Å²) >= 11 is 5.86. The Labute approximate surface area is 211 Å². The number of amides is 1. The Kier molecular flexibility index (Phi) is 8.03. The molecule has 0 radical (unpaired) electrons. The highest BCUT2D eigenvalue weighted by molar-refractivity contribution is 7.90. The number of anilines is 1. The predicted octanol–water partition coefficient (Wildman–Crippen LogP) is 4.66. The summed E-state index contributed by atoms with van der Waals surface area (Å²) in [5, 5.41) is 0.412. The smallest absolute Gasteiger partial charge is 0.268 e. The minimum atomic E-state index is -4.06. The van der Waals surface area contributed by atoms with Crippen LogP contribution in [-0.4, -0.2) is 37.9 Å². The Morgan fingerprint density at radius 3 is 2.46 bits per heavy atom. The lowest BCUT2D eigenvalue weighted by atomic mass is 9.99. The molecule has 2 aromatic carbocycles. The highest BCUT2D eigenvalue weighted by Crippen LogP contribution is 2.29. The largest absolute Gasteiger partial charge is 0.344 e. The molecule has 0 spiro atoms. The van der Waals surface area contributed by atoms with Gasteiger partial charge in [-0.1, -0.05) is 67.6 Å². The molecule has 1 aliphatic carbocycles. The fourth-order valence-corrected chi connectivity index (χ4v) is 5.41. The van der Waals surface area contributed by atoms with Crippen molar-refractivity contribution < 1.29 is 13.2 Å². The average Bonchev–Trinajstić information content (AvgIpc) is 3.36. The van der Waals surface area contributed by atoms with Gasteiger partial charge in [0.05, 0.1) is 16.2 Å². The van der Waals surface area contributed by atoms with Crippen LogP contribution < -0.4 is 9.62 Å². The molecule has 35 heavy (non-hydrogen) atoms. The molecule has 0 unspecified atom stereocenters. The standard InChI is InChI=1S/C26H29ClN4O3S/c1-31(16-15-19-7-3-2-4-8-19)26-28-18-23(24(29-26)17-20-9-5-6-10-20)25(32)30-35(33,34)22-13-11-21(27)12-14-22/h2-4,7-8,11-14,18,20H,5-6,9-10,15-17H2,1H3,(H,30,32). The molecule has 7 nitrogen and oxygen atoms in total. The topological polar surface area (TPSA) is 92.3 Å². The van der Waals surface area contributed by atoms with Crippen LogP contribution in [0, 0.1) is 5.92 Å². The molecular weight excluding hydrogens is 484 g/mol. The SMILES string of the molecule is CN(CCc1ccccc1)c1ncc(C(=O)NS(=O)(=O)c2ccc(Cl)cc2)c(CC2CCCC2)n1. The first-order valence-electron chi connectivity index (χ1n) is 11.8. The Balaban J connectivity index is 1.55. The van der Waals surface area contributed by atoms with Crippen molar-refractivity contribution in [3.8, 4) is 0 Å². The zero-order valence-corrected chi connectivity index (χ0v) is 21.2. The first-order chi connectivity index (χ1) is 16.8. The van der Waals surface area contributed by atoms with Crippen LogP contribution in [0.4, 0.5) is 5.95 Å². The normalized spacial score (nSPS) is 14.1. The predicted molar refractivity (Wildman–Crippen MR) is 137 cm³/mol. The van der Waals surface area contributed by atoms with E-state index in [1.165, 1.54) is 36.0 Å². The minimum absolute atomic E-state index is 0.0363. The van der Waals surface area contributed by atoms with Crippen molar-refractivity contribution in [1.29, 1.82) is 0 Å². The molecular formula is C26H29ClN4O3S. The maximum atomic E-state index is 13.1. The fraction of sp³-hybridized carbons (Fsp3) is 0.346. The molecule has 0 atom stereocenters. The second kappa shape index (κ2) is 11.2. The molecule has 3 aromatic rings. The van der Waals surface area contributed by atoms with Crippen LogP contribution in [0.2, 0.25) is 5.02 Å². The quantitative estimate of drug-likeness (QED) is 0.448. The van der Waals surface area contributed by atoms with Gasteiger partial charge in [0, 0.05) is 24.8 Å². The molecule has 9 heteroatoms. The highest BCUT2D eigenvalue weighted by atomic mass is 35.5. The maximum absolute atomic E-state index is 13.1. The molecule has 1 saturated carbocycles. The van der Waals surface area contributed by atoms with Crippen LogP contribution in [0.5, 0.6) is 0 Å². The van der Waals surface area contributed by atoms with Crippen LogP contribution in [0.3, 0.4) is 0 Å². The number of aromatic nitrogens is 2. The van der Waals surface area contributed by atoms with E-state index in [9.17, 15) is 13.2 Å². The third-order valence-electron chi connectivity index (χ3n) is 6.33. The van der Waals surface area contributed by atoms with Crippen LogP contribution in [-0.2, 0) is 22.9 Å². The van der Waals surface area contributed by atoms with Gasteiger partial charge in [0.15, 0.2) is 0 Å². The zero-order chi connectivity index (χ0) is 24.8. The number of halogens is 1. The van der Waals surface area contributed by atoms with E-state index in [0.29, 0.717) is 35.5 Å². The Morgan fingerprint density at radius 2 is 1.77 bits per heavy atom. The van der Waals surface area contributed by atoms with Crippen molar-refractivity contribution in [3.63, 3.8) is 0 Å². The van der Waals surface area contributed by atoms with Crippen LogP contribution in [0.25, 0.3) is 0 Å². The number of nitrogens with zero attached hydrogens (tertiary/aromatic N) is 3. The first-order valence-corrected chi connectivity index (χ1v) is 13.6. The fourth-order valence-electron chi connectivity index (χ4n) is 4.31. The summed E-state index contributed by atoms with van der Waals surface area (Å²) in [6.07, 6.45) is 7.36. The van der Waals surface area contributed by atoms with Crippen LogP contribution >= 0.6 is 11.6 Å². The second-order valence-electron chi connectivity index (χ2n) is 8.93. The number of likely N-dealkylation sites (N-methyl/N-ethyl adjacent to an activating group) is 1. The summed E-state index contributed by atoms with van der Waals surface area (Å²) in [6.45, 7) is 0.712. The van der Waals surface area contributed by atoms with E-state index < -0.39 is 15.9 Å². The van der Waals surface area contributed by atoms with Gasteiger partial charge in [-0.2, -0.15) is 0 Å². The third kappa shape index (κ3) is 6.58. The maximum Gasteiger partial charge on any atom is 0.268 e. The van der Waals surface area contributed by atoms with Gasteiger partial charge in [-0.15, -0.1) is 0 Å². The molecule has 184 valence electrons. The molecule has 1 amide bonds. The number of benzene rings is 2. The summed E-state index contributed by atoms with van der Waals surface area (Å²) in [5.41, 5.74) is 1.99. The van der Waals surface area contributed by atoms with Crippen LogP contribution in [0.1, 0.15) is 47.3 Å². The Bertz CT molecular complexity index is 1260. The Hall–Kier alpha value is -2.97. The van der Waals surface area contributed by atoms with Crippen molar-refractivity contribution in [3.05, 3.63) is 82.6 Å². The zero-order valence-electron chi connectivity index (χ0n) is 19.7. The summed E-state index contributed by atoms with van der Waals surface area (Å²) in [7, 11) is -2.14. The van der Waals surface area contributed by atoms with E-state index >= 15 is 0 Å². The average molecular weight is 513 g/mol. The van der Waals surface area contributed by atoms with Crippen molar-refractivity contribution in [1.82, 2.24) is 14.7 Å². The molecule has 1 N–H and O–H groups in total. The van der Waals surface area contributed by atoms with Gasteiger partial charge in [-0.3, -0.25) is 4.79 Å². The van der Waals surface area contributed by atoms with Gasteiger partial charge < -0.3 is 4.90 Å². The number of nitrogens with one attached hydrogen (secondary N) is 1. The molecule has 1 aromatic heterocycles. The van der Waals surface area contributed by atoms with E-state index in [2.05, 4.69) is 21.8 Å². The lowest BCUT2D eigenvalue weighted by molar-refractivity contribution is 0.0979. The lowest BCUT2D eigenvalue weighted by Crippen LogP contribution is -2.32. The van der Waals surface area contributed by atoms with E-state index in [1.54, 1.807) is 0 Å². The molecule has 1 aliphatic rings. The molecule has 1 fully saturated rings. The van der Waals surface area contributed by atoms with Gasteiger partial charge >= 0.3 is 0 Å². The number of rotatable bonds is 9. The summed E-state index contributed by atoms with van der Waals surface area (Å²) in [5.74, 6) is 0.212. The van der Waals surface area contributed by atoms with Gasteiger partial charge in [0.2, 0.25) is 5.95 Å². The number of carbonyl (C=O) groups is 1. The van der Waals surface area contributed by atoms with Crippen molar-refractivity contribution in [2.24, 2.45) is 5.92 Å². The van der Waals surface area contributed by atoms with E-state index in [4.69, 9.17) is 16.6 Å². The summed E-state index contributed by atoms with van der Waals surface area (Å²) in [4.78, 5) is 24.1. The molecule has 0 bridgehead atoms. The summed E-state index contributed by atoms with van der Waals surface area (Å²) in [6, 6.07) is 15.8. The monoisotopic (exact) mass is 512 g/mol. The van der Waals surface area contributed by atoms with Gasteiger partial charge in [0.1, 0.15) is 0 Å². The minimum Gasteiger partial charge on any atom is -0.344 e. The van der Waals surface area contributed by atoms with Crippen molar-refractivity contribution >= 4 is 33.5 Å². The van der Waals surface area contributed by atoms with E-state index in [1.807, 2.05) is 30.1 Å². The van der Waals surface area contributed by atoms with E-state index in [-0.39, 0.29) is 10.5 Å². The van der Waals surface area contributed by atoms with Gasteiger partial charge in [0.25, 0.3) is 15.9 Å². The van der Waals surface area contributed by atoms with E-state index in [0.717, 1.165) is 32.1 Å². The first kappa shape index (κ1) is 25.1. The molecule has 4 rings (SSSR count). The van der Waals surface area contributed by atoms with Gasteiger partial charge in [-0.05, 0) is 48.6 Å². The summed E-state index contributed by atoms with van der Waals surface area (Å²) < 4.78 is 27.7.